The molecule has 2 aliphatic carbocycles. The smallest absolute Gasteiger partial charge is 0.137 e. The van der Waals surface area contributed by atoms with Crippen molar-refractivity contribution in [2.75, 3.05) is 0 Å². The molecule has 2 heteroatoms. The van der Waals surface area contributed by atoms with Crippen molar-refractivity contribution >= 4 is 5.78 Å². The van der Waals surface area contributed by atoms with E-state index in [0.717, 1.165) is 5.92 Å². The van der Waals surface area contributed by atoms with Gasteiger partial charge < -0.3 is 0 Å². The first-order valence-electron chi connectivity index (χ1n) is 4.61. The van der Waals surface area contributed by atoms with Gasteiger partial charge in [-0.2, -0.15) is 0 Å². The molecule has 0 N–H and O–H groups in total. The normalized spacial score (nSPS) is 21.7. The van der Waals surface area contributed by atoms with E-state index in [1.54, 1.807) is 6.92 Å². The molecule has 0 bridgehead atoms. The van der Waals surface area contributed by atoms with Gasteiger partial charge in [0, 0.05) is 23.0 Å². The molecule has 15 heavy (non-hydrogen) atoms. The van der Waals surface area contributed by atoms with Crippen LogP contribution in [0.2, 0.25) is 0 Å². The molecule has 2 saturated carbocycles. The minimum atomic E-state index is 0. The number of ketones is 1. The molecule has 1 nitrogen and oxygen atoms in total. The quantitative estimate of drug-likeness (QED) is 0.645. The van der Waals surface area contributed by atoms with Gasteiger partial charge in [0.2, 0.25) is 0 Å². The Kier molecular flexibility index (Phi) is 8.46. The van der Waals surface area contributed by atoms with E-state index < -0.39 is 0 Å². The Hall–Kier alpha value is 0.189. The molecule has 80 valence electrons. The zero-order valence-electron chi connectivity index (χ0n) is 8.88. The number of hydrogen-bond donors (Lipinski definition) is 0. The fourth-order valence-electron chi connectivity index (χ4n) is 1.08. The number of Topliss-reactive ketones (excluding diaryl/α,β-unsaturated/α-hetero) is 1. The number of rotatable bonds is 1. The fourth-order valence-corrected chi connectivity index (χ4v) is 1.08. The maximum absolute atomic E-state index is 10.5. The maximum atomic E-state index is 10.5. The molecule has 2 rings (SSSR count). The SMILES string of the molecule is CC(=O)[C]1[CH][CH][CH][CH]1.C[C]1[CH][CH][CH][CH]1.[Fe]. The zero-order chi connectivity index (χ0) is 10.4. The van der Waals surface area contributed by atoms with Crippen LogP contribution in [0.25, 0.3) is 0 Å². The van der Waals surface area contributed by atoms with E-state index in [-0.39, 0.29) is 22.9 Å². The molecule has 0 saturated heterocycles. The third kappa shape index (κ3) is 6.37. The second-order valence-corrected chi connectivity index (χ2v) is 3.19. The van der Waals surface area contributed by atoms with E-state index in [0.29, 0.717) is 0 Å². The summed E-state index contributed by atoms with van der Waals surface area (Å²) >= 11 is 0. The minimum absolute atomic E-state index is 0. The molecule has 10 radical (unpaired) electrons. The van der Waals surface area contributed by atoms with Crippen LogP contribution in [0.1, 0.15) is 13.8 Å². The molecule has 0 aliphatic heterocycles. The number of hydrogen-bond acceptors (Lipinski definition) is 1. The van der Waals surface area contributed by atoms with E-state index in [9.17, 15) is 4.79 Å². The second kappa shape index (κ2) is 8.35. The Labute approximate surface area is 105 Å². The van der Waals surface area contributed by atoms with Crippen molar-refractivity contribution in [3.05, 3.63) is 63.2 Å². The molecule has 0 aromatic carbocycles. The molecule has 0 aromatic heterocycles. The van der Waals surface area contributed by atoms with E-state index in [2.05, 4.69) is 19.8 Å². The van der Waals surface area contributed by atoms with Gasteiger partial charge in [-0.3, -0.25) is 4.79 Å². The largest absolute Gasteiger partial charge is 0.299 e. The Balaban J connectivity index is 0.000000253. The van der Waals surface area contributed by atoms with Gasteiger partial charge in [-0.25, -0.2) is 0 Å². The van der Waals surface area contributed by atoms with Crippen LogP contribution in [0.15, 0.2) is 0 Å². The Morgan fingerprint density at radius 1 is 0.933 bits per heavy atom. The van der Waals surface area contributed by atoms with Crippen molar-refractivity contribution in [3.63, 3.8) is 0 Å². The fraction of sp³-hybridized carbons (Fsp3) is 0.154. The summed E-state index contributed by atoms with van der Waals surface area (Å²) in [7, 11) is 0. The Morgan fingerprint density at radius 2 is 1.33 bits per heavy atom. The third-order valence-electron chi connectivity index (χ3n) is 1.90. The van der Waals surface area contributed by atoms with Crippen LogP contribution in [-0.4, -0.2) is 5.78 Å². The van der Waals surface area contributed by atoms with E-state index in [1.165, 1.54) is 5.92 Å². The second-order valence-electron chi connectivity index (χ2n) is 3.19. The van der Waals surface area contributed by atoms with Gasteiger partial charge in [0.1, 0.15) is 5.78 Å². The monoisotopic (exact) mass is 242 g/mol. The average molecular weight is 242 g/mol. The molecule has 2 fully saturated rings. The van der Waals surface area contributed by atoms with Crippen molar-refractivity contribution < 1.29 is 21.9 Å². The number of carbonyl (C=O) groups excluding carboxylic acids is 1. The van der Waals surface area contributed by atoms with Crippen LogP contribution in [0.5, 0.6) is 0 Å². The first-order valence-corrected chi connectivity index (χ1v) is 4.61. The summed E-state index contributed by atoms with van der Waals surface area (Å²) < 4.78 is 0. The van der Waals surface area contributed by atoms with Crippen molar-refractivity contribution in [1.82, 2.24) is 0 Å². The number of carbonyl (C=O) groups is 1. The standard InChI is InChI=1S/C7H7O.C6H7.Fe/c1-6(8)7-4-2-3-5-7;1-6-4-2-3-5-6;/h2-5H,1H3;2-5H,1H3;. The van der Waals surface area contributed by atoms with Crippen LogP contribution in [0.4, 0.5) is 0 Å². The van der Waals surface area contributed by atoms with Crippen molar-refractivity contribution in [3.8, 4) is 0 Å². The summed E-state index contributed by atoms with van der Waals surface area (Å²) in [5.74, 6) is 2.27. The maximum Gasteiger partial charge on any atom is 0.137 e. The summed E-state index contributed by atoms with van der Waals surface area (Å²) in [6.45, 7) is 3.65. The molecule has 2 aliphatic rings. The molecular weight excluding hydrogens is 228 g/mol. The van der Waals surface area contributed by atoms with Gasteiger partial charge in [-0.05, 0) is 64.2 Å². The summed E-state index contributed by atoms with van der Waals surface area (Å²) in [5.41, 5.74) is 0. The van der Waals surface area contributed by atoms with Gasteiger partial charge in [-0.15, -0.1) is 0 Å². The molecule has 0 heterocycles. The van der Waals surface area contributed by atoms with Crippen molar-refractivity contribution in [2.24, 2.45) is 0 Å². The van der Waals surface area contributed by atoms with Crippen molar-refractivity contribution in [1.29, 1.82) is 0 Å². The predicted octanol–water partition coefficient (Wildman–Crippen LogP) is 2.39. The van der Waals surface area contributed by atoms with Gasteiger partial charge in [0.15, 0.2) is 0 Å². The molecule has 0 amide bonds. The zero-order valence-corrected chi connectivity index (χ0v) is 9.98. The van der Waals surface area contributed by atoms with Crippen LogP contribution in [0, 0.1) is 63.2 Å². The summed E-state index contributed by atoms with van der Waals surface area (Å²) in [5, 5.41) is 0. The summed E-state index contributed by atoms with van der Waals surface area (Å²) in [6, 6.07) is 0. The third-order valence-corrected chi connectivity index (χ3v) is 1.90. The van der Waals surface area contributed by atoms with Crippen LogP contribution in [0.3, 0.4) is 0 Å². The Morgan fingerprint density at radius 3 is 1.53 bits per heavy atom. The van der Waals surface area contributed by atoms with E-state index in [4.69, 9.17) is 0 Å². The average Bonchev–Trinajstić information content (AvgIpc) is 2.75. The van der Waals surface area contributed by atoms with Gasteiger partial charge in [-0.1, -0.05) is 6.92 Å². The van der Waals surface area contributed by atoms with Crippen LogP contribution < -0.4 is 0 Å². The first kappa shape index (κ1) is 15.2. The molecule has 0 atom stereocenters. The predicted molar refractivity (Wildman–Crippen MR) is 57.2 cm³/mol. The van der Waals surface area contributed by atoms with Gasteiger partial charge >= 0.3 is 0 Å². The summed E-state index contributed by atoms with van der Waals surface area (Å²) in [6.07, 6.45) is 15.6. The van der Waals surface area contributed by atoms with Crippen molar-refractivity contribution in [2.45, 2.75) is 13.8 Å². The van der Waals surface area contributed by atoms with E-state index in [1.807, 2.05) is 38.5 Å². The van der Waals surface area contributed by atoms with Crippen LogP contribution in [-0.2, 0) is 21.9 Å². The topological polar surface area (TPSA) is 17.1 Å². The molecule has 0 aromatic rings. The van der Waals surface area contributed by atoms with Crippen LogP contribution >= 0.6 is 0 Å². The molecule has 0 unspecified atom stereocenters. The van der Waals surface area contributed by atoms with E-state index >= 15 is 0 Å². The summed E-state index contributed by atoms with van der Waals surface area (Å²) in [4.78, 5) is 10.5. The molecule has 0 spiro atoms. The Bertz CT molecular complexity index is 167. The molecular formula is C13H14FeO. The van der Waals surface area contributed by atoms with Gasteiger partial charge in [0.25, 0.3) is 0 Å². The minimum Gasteiger partial charge on any atom is -0.299 e. The first-order chi connectivity index (χ1) is 6.70. The van der Waals surface area contributed by atoms with Gasteiger partial charge in [0.05, 0.1) is 0 Å².